The second-order valence-electron chi connectivity index (χ2n) is 4.18. The Bertz CT molecular complexity index is 366. The van der Waals surface area contributed by atoms with Crippen molar-refractivity contribution in [1.82, 2.24) is 0 Å². The monoisotopic (exact) mass is 264 g/mol. The van der Waals surface area contributed by atoms with Crippen molar-refractivity contribution in [2.75, 3.05) is 0 Å². The molecule has 1 aliphatic carbocycles. The van der Waals surface area contributed by atoms with Gasteiger partial charge in [0.2, 0.25) is 0 Å². The van der Waals surface area contributed by atoms with E-state index in [9.17, 15) is 0 Å². The van der Waals surface area contributed by atoms with E-state index in [0.29, 0.717) is 4.83 Å². The van der Waals surface area contributed by atoms with E-state index in [1.807, 2.05) is 0 Å². The van der Waals surface area contributed by atoms with Crippen molar-refractivity contribution < 1.29 is 0 Å². The highest BCUT2D eigenvalue weighted by Gasteiger charge is 2.13. The van der Waals surface area contributed by atoms with Crippen LogP contribution in [0.4, 0.5) is 0 Å². The van der Waals surface area contributed by atoms with E-state index in [1.165, 1.54) is 42.4 Å². The van der Waals surface area contributed by atoms with Crippen LogP contribution in [0.15, 0.2) is 24.3 Å². The summed E-state index contributed by atoms with van der Waals surface area (Å²) in [6.45, 7) is 2.25. The SMILES string of the molecule is CCCCCc1ccc2c(c1)C(Br)C=C2. The Hall–Kier alpha value is -0.560. The lowest BCUT2D eigenvalue weighted by Gasteiger charge is -2.07. The summed E-state index contributed by atoms with van der Waals surface area (Å²) in [5, 5.41) is 0. The zero-order chi connectivity index (χ0) is 10.7. The van der Waals surface area contributed by atoms with Gasteiger partial charge in [0.25, 0.3) is 0 Å². The number of hydrogen-bond acceptors (Lipinski definition) is 0. The van der Waals surface area contributed by atoms with Crippen LogP contribution in [0.1, 0.15) is 47.7 Å². The number of rotatable bonds is 4. The van der Waals surface area contributed by atoms with Crippen LogP contribution in [0.3, 0.4) is 0 Å². The van der Waals surface area contributed by atoms with Crippen LogP contribution in [0.2, 0.25) is 0 Å². The molecular weight excluding hydrogens is 248 g/mol. The fourth-order valence-electron chi connectivity index (χ4n) is 2.04. The second-order valence-corrected chi connectivity index (χ2v) is 5.17. The zero-order valence-corrected chi connectivity index (χ0v) is 10.8. The van der Waals surface area contributed by atoms with Gasteiger partial charge < -0.3 is 0 Å². The first-order valence-electron chi connectivity index (χ1n) is 5.76. The van der Waals surface area contributed by atoms with E-state index in [0.717, 1.165) is 0 Å². The quantitative estimate of drug-likeness (QED) is 0.537. The molecule has 80 valence electrons. The topological polar surface area (TPSA) is 0 Å². The minimum atomic E-state index is 0.429. The van der Waals surface area contributed by atoms with Crippen molar-refractivity contribution in [3.63, 3.8) is 0 Å². The molecule has 15 heavy (non-hydrogen) atoms. The van der Waals surface area contributed by atoms with Gasteiger partial charge in [-0.1, -0.05) is 66.0 Å². The van der Waals surface area contributed by atoms with Gasteiger partial charge in [0.05, 0.1) is 4.83 Å². The molecule has 0 fully saturated rings. The van der Waals surface area contributed by atoms with Crippen molar-refractivity contribution in [3.05, 3.63) is 41.0 Å². The highest BCUT2D eigenvalue weighted by atomic mass is 79.9. The third-order valence-electron chi connectivity index (χ3n) is 2.96. The van der Waals surface area contributed by atoms with Crippen LogP contribution >= 0.6 is 15.9 Å². The Morgan fingerprint density at radius 2 is 2.13 bits per heavy atom. The lowest BCUT2D eigenvalue weighted by molar-refractivity contribution is 0.717. The highest BCUT2D eigenvalue weighted by Crippen LogP contribution is 2.35. The number of benzene rings is 1. The molecule has 0 nitrogen and oxygen atoms in total. The summed E-state index contributed by atoms with van der Waals surface area (Å²) in [6, 6.07) is 6.86. The first kappa shape index (κ1) is 10.9. The van der Waals surface area contributed by atoms with Gasteiger partial charge in [0.1, 0.15) is 0 Å². The normalized spacial score (nSPS) is 18.1. The lowest BCUT2D eigenvalue weighted by Crippen LogP contribution is -1.90. The van der Waals surface area contributed by atoms with Crippen LogP contribution in [0.25, 0.3) is 6.08 Å². The molecule has 2 rings (SSSR count). The number of halogens is 1. The Balaban J connectivity index is 2.06. The molecule has 0 bridgehead atoms. The van der Waals surface area contributed by atoms with Crippen molar-refractivity contribution in [2.24, 2.45) is 0 Å². The molecule has 0 amide bonds. The fraction of sp³-hybridized carbons (Fsp3) is 0.429. The van der Waals surface area contributed by atoms with Crippen LogP contribution < -0.4 is 0 Å². The summed E-state index contributed by atoms with van der Waals surface area (Å²) in [5.41, 5.74) is 4.29. The Kier molecular flexibility index (Phi) is 3.63. The number of alkyl halides is 1. The summed E-state index contributed by atoms with van der Waals surface area (Å²) in [7, 11) is 0. The summed E-state index contributed by atoms with van der Waals surface area (Å²) < 4.78 is 0. The maximum Gasteiger partial charge on any atom is 0.0584 e. The molecule has 1 unspecified atom stereocenters. The van der Waals surface area contributed by atoms with Crippen molar-refractivity contribution in [2.45, 2.75) is 37.4 Å². The average Bonchev–Trinajstić information content (AvgIpc) is 2.61. The van der Waals surface area contributed by atoms with Gasteiger partial charge in [-0.2, -0.15) is 0 Å². The highest BCUT2D eigenvalue weighted by molar-refractivity contribution is 9.09. The Labute approximate surface area is 101 Å². The standard InChI is InChI=1S/C14H17Br/c1-2-3-4-5-11-6-7-12-8-9-14(15)13(12)10-11/h6-10,14H,2-5H2,1H3. The summed E-state index contributed by atoms with van der Waals surface area (Å²) in [5.74, 6) is 0. The molecule has 0 aromatic heterocycles. The average molecular weight is 265 g/mol. The molecule has 1 aromatic rings. The minimum absolute atomic E-state index is 0.429. The van der Waals surface area contributed by atoms with Gasteiger partial charge in [-0.05, 0) is 29.5 Å². The third kappa shape index (κ3) is 2.52. The molecule has 0 aliphatic heterocycles. The van der Waals surface area contributed by atoms with Gasteiger partial charge in [0.15, 0.2) is 0 Å². The van der Waals surface area contributed by atoms with E-state index < -0.39 is 0 Å². The minimum Gasteiger partial charge on any atom is -0.0793 e. The van der Waals surface area contributed by atoms with Crippen LogP contribution in [-0.2, 0) is 6.42 Å². The maximum atomic E-state index is 3.67. The predicted molar refractivity (Wildman–Crippen MR) is 70.4 cm³/mol. The number of unbranched alkanes of at least 4 members (excludes halogenated alkanes) is 2. The Morgan fingerprint density at radius 3 is 2.93 bits per heavy atom. The first-order valence-corrected chi connectivity index (χ1v) is 6.68. The molecule has 1 heteroatoms. The smallest absolute Gasteiger partial charge is 0.0584 e. The maximum absolute atomic E-state index is 3.67. The van der Waals surface area contributed by atoms with E-state index in [2.05, 4.69) is 53.2 Å². The van der Waals surface area contributed by atoms with Gasteiger partial charge >= 0.3 is 0 Å². The third-order valence-corrected chi connectivity index (χ3v) is 3.76. The van der Waals surface area contributed by atoms with Crippen molar-refractivity contribution >= 4 is 22.0 Å². The molecule has 1 atom stereocenters. The lowest BCUT2D eigenvalue weighted by atomic mass is 10.0. The van der Waals surface area contributed by atoms with Crippen LogP contribution in [0, 0.1) is 0 Å². The second kappa shape index (κ2) is 4.98. The van der Waals surface area contributed by atoms with Gasteiger partial charge in [-0.3, -0.25) is 0 Å². The summed E-state index contributed by atoms with van der Waals surface area (Å²) in [4.78, 5) is 0.429. The van der Waals surface area contributed by atoms with E-state index in [-0.39, 0.29) is 0 Å². The van der Waals surface area contributed by atoms with E-state index in [4.69, 9.17) is 0 Å². The van der Waals surface area contributed by atoms with Crippen molar-refractivity contribution in [3.8, 4) is 0 Å². The largest absolute Gasteiger partial charge is 0.0793 e. The first-order chi connectivity index (χ1) is 7.31. The molecule has 0 saturated carbocycles. The molecule has 1 aliphatic rings. The number of aryl methyl sites for hydroxylation is 1. The van der Waals surface area contributed by atoms with Crippen LogP contribution in [-0.4, -0.2) is 0 Å². The molecule has 0 spiro atoms. The summed E-state index contributed by atoms with van der Waals surface area (Å²) in [6.07, 6.45) is 9.59. The predicted octanol–water partition coefficient (Wildman–Crippen LogP) is 4.88. The molecule has 0 saturated heterocycles. The van der Waals surface area contributed by atoms with E-state index in [1.54, 1.807) is 0 Å². The fourth-order valence-corrected chi connectivity index (χ4v) is 2.59. The number of fused-ring (bicyclic) bond motifs is 1. The van der Waals surface area contributed by atoms with Gasteiger partial charge in [-0.25, -0.2) is 0 Å². The van der Waals surface area contributed by atoms with Crippen LogP contribution in [0.5, 0.6) is 0 Å². The Morgan fingerprint density at radius 1 is 1.27 bits per heavy atom. The summed E-state index contributed by atoms with van der Waals surface area (Å²) >= 11 is 3.67. The number of allylic oxidation sites excluding steroid dienone is 1. The molecule has 0 radical (unpaired) electrons. The zero-order valence-electron chi connectivity index (χ0n) is 9.17. The van der Waals surface area contributed by atoms with E-state index >= 15 is 0 Å². The molecule has 0 heterocycles. The number of hydrogen-bond donors (Lipinski definition) is 0. The molecule has 0 N–H and O–H groups in total. The van der Waals surface area contributed by atoms with Gasteiger partial charge in [0, 0.05) is 0 Å². The van der Waals surface area contributed by atoms with Gasteiger partial charge in [-0.15, -0.1) is 0 Å². The van der Waals surface area contributed by atoms with Crippen molar-refractivity contribution in [1.29, 1.82) is 0 Å². The molecule has 1 aromatic carbocycles. The molecular formula is C14H17Br.